The molecule has 1 unspecified atom stereocenters. The third-order valence-corrected chi connectivity index (χ3v) is 2.46. The molecule has 15 heavy (non-hydrogen) atoms. The molecule has 0 aliphatic rings. The second-order valence-corrected chi connectivity index (χ2v) is 4.34. The van der Waals surface area contributed by atoms with E-state index in [0.717, 1.165) is 13.0 Å². The van der Waals surface area contributed by atoms with Gasteiger partial charge in [0.05, 0.1) is 0 Å². The molecule has 4 heteroatoms. The minimum Gasteiger partial charge on any atom is -0.337 e. The zero-order valence-electron chi connectivity index (χ0n) is 10.6. The number of amides is 2. The largest absolute Gasteiger partial charge is 0.337 e. The van der Waals surface area contributed by atoms with Gasteiger partial charge in [0, 0.05) is 33.2 Å². The minimum absolute atomic E-state index is 0.0330. The van der Waals surface area contributed by atoms with E-state index in [1.165, 1.54) is 0 Å². The van der Waals surface area contributed by atoms with Crippen LogP contribution in [0.25, 0.3) is 0 Å². The second kappa shape index (κ2) is 7.51. The lowest BCUT2D eigenvalue weighted by molar-refractivity contribution is 0.217. The topological polar surface area (TPSA) is 44.4 Å². The first-order valence-corrected chi connectivity index (χ1v) is 5.67. The highest BCUT2D eigenvalue weighted by atomic mass is 16.2. The molecule has 0 aromatic heterocycles. The second-order valence-electron chi connectivity index (χ2n) is 4.34. The number of carbonyl (C=O) groups excluding carboxylic acids is 1. The maximum Gasteiger partial charge on any atom is 0.316 e. The maximum absolute atomic E-state index is 11.2. The molecule has 4 nitrogen and oxygen atoms in total. The van der Waals surface area contributed by atoms with Crippen LogP contribution in [0.4, 0.5) is 4.79 Å². The van der Waals surface area contributed by atoms with E-state index in [1.54, 1.807) is 19.0 Å². The van der Waals surface area contributed by atoms with Crippen molar-refractivity contribution in [3.8, 4) is 0 Å². The molecule has 0 saturated heterocycles. The highest BCUT2D eigenvalue weighted by Gasteiger charge is 2.09. The average Bonchev–Trinajstić information content (AvgIpc) is 2.16. The van der Waals surface area contributed by atoms with Crippen molar-refractivity contribution >= 4 is 6.03 Å². The molecule has 0 fully saturated rings. The van der Waals surface area contributed by atoms with E-state index in [0.29, 0.717) is 18.5 Å². The van der Waals surface area contributed by atoms with Crippen LogP contribution in [0.15, 0.2) is 0 Å². The molecule has 0 radical (unpaired) electrons. The zero-order valence-corrected chi connectivity index (χ0v) is 10.6. The number of urea groups is 1. The van der Waals surface area contributed by atoms with Crippen molar-refractivity contribution < 1.29 is 4.79 Å². The Morgan fingerprint density at radius 1 is 1.27 bits per heavy atom. The molecule has 0 bridgehead atoms. The number of nitrogens with zero attached hydrogens (tertiary/aromatic N) is 1. The standard InChI is InChI=1S/C11H25N3O/c1-6-10(9(2)3)12-7-8-13-11(15)14(4)5/h9-10,12H,6-8H2,1-5H3,(H,13,15). The van der Waals surface area contributed by atoms with E-state index in [4.69, 9.17) is 0 Å². The number of carbonyl (C=O) groups is 1. The van der Waals surface area contributed by atoms with Gasteiger partial charge in [0.15, 0.2) is 0 Å². The fourth-order valence-corrected chi connectivity index (χ4v) is 1.44. The van der Waals surface area contributed by atoms with Crippen molar-refractivity contribution in [3.05, 3.63) is 0 Å². The van der Waals surface area contributed by atoms with Crippen LogP contribution in [0.3, 0.4) is 0 Å². The van der Waals surface area contributed by atoms with Gasteiger partial charge in [0.25, 0.3) is 0 Å². The maximum atomic E-state index is 11.2. The Balaban J connectivity index is 3.57. The van der Waals surface area contributed by atoms with Crippen LogP contribution in [-0.4, -0.2) is 44.2 Å². The molecule has 0 aliphatic carbocycles. The molecule has 2 N–H and O–H groups in total. The van der Waals surface area contributed by atoms with Crippen molar-refractivity contribution in [3.63, 3.8) is 0 Å². The van der Waals surface area contributed by atoms with Gasteiger partial charge < -0.3 is 15.5 Å². The number of hydrogen-bond donors (Lipinski definition) is 2. The van der Waals surface area contributed by atoms with E-state index in [-0.39, 0.29) is 6.03 Å². The van der Waals surface area contributed by atoms with E-state index < -0.39 is 0 Å². The van der Waals surface area contributed by atoms with Gasteiger partial charge in [0.1, 0.15) is 0 Å². The van der Waals surface area contributed by atoms with Gasteiger partial charge >= 0.3 is 6.03 Å². The summed E-state index contributed by atoms with van der Waals surface area (Å²) in [5, 5.41) is 6.25. The first-order valence-electron chi connectivity index (χ1n) is 5.67. The van der Waals surface area contributed by atoms with E-state index >= 15 is 0 Å². The van der Waals surface area contributed by atoms with Gasteiger partial charge in [-0.1, -0.05) is 20.8 Å². The Kier molecular flexibility index (Phi) is 7.13. The summed E-state index contributed by atoms with van der Waals surface area (Å²) in [6.45, 7) is 8.10. The Labute approximate surface area is 93.4 Å². The molecule has 0 spiro atoms. The van der Waals surface area contributed by atoms with Crippen LogP contribution < -0.4 is 10.6 Å². The van der Waals surface area contributed by atoms with Crippen molar-refractivity contribution in [1.29, 1.82) is 0 Å². The Bertz CT molecular complexity index is 181. The summed E-state index contributed by atoms with van der Waals surface area (Å²) in [5.41, 5.74) is 0. The third-order valence-electron chi connectivity index (χ3n) is 2.46. The molecule has 1 atom stereocenters. The number of rotatable bonds is 6. The lowest BCUT2D eigenvalue weighted by Crippen LogP contribution is -2.42. The fourth-order valence-electron chi connectivity index (χ4n) is 1.44. The van der Waals surface area contributed by atoms with Crippen LogP contribution in [0.2, 0.25) is 0 Å². The van der Waals surface area contributed by atoms with E-state index in [9.17, 15) is 4.79 Å². The summed E-state index contributed by atoms with van der Waals surface area (Å²) in [5.74, 6) is 0.638. The van der Waals surface area contributed by atoms with Gasteiger partial charge in [-0.05, 0) is 12.3 Å². The van der Waals surface area contributed by atoms with Crippen LogP contribution in [0.5, 0.6) is 0 Å². The summed E-state index contributed by atoms with van der Waals surface area (Å²) in [7, 11) is 3.48. The first-order chi connectivity index (χ1) is 6.99. The van der Waals surface area contributed by atoms with Crippen LogP contribution >= 0.6 is 0 Å². The van der Waals surface area contributed by atoms with Crippen LogP contribution in [-0.2, 0) is 0 Å². The highest BCUT2D eigenvalue weighted by Crippen LogP contribution is 2.04. The molecule has 0 saturated carbocycles. The SMILES string of the molecule is CCC(NCCNC(=O)N(C)C)C(C)C. The van der Waals surface area contributed by atoms with Gasteiger partial charge in [-0.15, -0.1) is 0 Å². The molecule has 2 amide bonds. The lowest BCUT2D eigenvalue weighted by Gasteiger charge is -2.21. The van der Waals surface area contributed by atoms with Crippen molar-refractivity contribution in [2.24, 2.45) is 5.92 Å². The summed E-state index contributed by atoms with van der Waals surface area (Å²) < 4.78 is 0. The third kappa shape index (κ3) is 6.33. The summed E-state index contributed by atoms with van der Waals surface area (Å²) >= 11 is 0. The number of nitrogens with one attached hydrogen (secondary N) is 2. The molecule has 0 rings (SSSR count). The normalized spacial score (nSPS) is 12.7. The summed E-state index contributed by atoms with van der Waals surface area (Å²) in [4.78, 5) is 12.7. The summed E-state index contributed by atoms with van der Waals surface area (Å²) in [6, 6.07) is 0.510. The molecular weight excluding hydrogens is 190 g/mol. The minimum atomic E-state index is -0.0330. The Morgan fingerprint density at radius 3 is 2.27 bits per heavy atom. The van der Waals surface area contributed by atoms with Gasteiger partial charge in [-0.25, -0.2) is 4.79 Å². The van der Waals surface area contributed by atoms with Gasteiger partial charge in [0.2, 0.25) is 0 Å². The Hall–Kier alpha value is -0.770. The van der Waals surface area contributed by atoms with Gasteiger partial charge in [-0.2, -0.15) is 0 Å². The van der Waals surface area contributed by atoms with Crippen molar-refractivity contribution in [2.75, 3.05) is 27.2 Å². The zero-order chi connectivity index (χ0) is 11.8. The molecular formula is C11H25N3O. The molecule has 0 aliphatic heterocycles. The molecule has 0 aromatic carbocycles. The lowest BCUT2D eigenvalue weighted by atomic mass is 10.0. The smallest absolute Gasteiger partial charge is 0.316 e. The van der Waals surface area contributed by atoms with Gasteiger partial charge in [-0.3, -0.25) is 0 Å². The fraction of sp³-hybridized carbons (Fsp3) is 0.909. The predicted octanol–water partition coefficient (Wildman–Crippen LogP) is 1.28. The van der Waals surface area contributed by atoms with E-state index in [1.807, 2.05) is 0 Å². The van der Waals surface area contributed by atoms with Crippen molar-refractivity contribution in [2.45, 2.75) is 33.2 Å². The number of hydrogen-bond acceptors (Lipinski definition) is 2. The average molecular weight is 215 g/mol. The molecule has 0 aromatic rings. The molecule has 90 valence electrons. The van der Waals surface area contributed by atoms with Crippen molar-refractivity contribution in [1.82, 2.24) is 15.5 Å². The van der Waals surface area contributed by atoms with Crippen LogP contribution in [0, 0.1) is 5.92 Å². The first kappa shape index (κ1) is 14.2. The predicted molar refractivity (Wildman–Crippen MR) is 64.0 cm³/mol. The molecule has 0 heterocycles. The van der Waals surface area contributed by atoms with Crippen LogP contribution in [0.1, 0.15) is 27.2 Å². The quantitative estimate of drug-likeness (QED) is 0.656. The summed E-state index contributed by atoms with van der Waals surface area (Å²) in [6.07, 6.45) is 1.12. The monoisotopic (exact) mass is 215 g/mol. The Morgan fingerprint density at radius 2 is 1.87 bits per heavy atom. The highest BCUT2D eigenvalue weighted by molar-refractivity contribution is 5.73. The van der Waals surface area contributed by atoms with E-state index in [2.05, 4.69) is 31.4 Å².